The highest BCUT2D eigenvalue weighted by molar-refractivity contribution is 6.34. The van der Waals surface area contributed by atoms with Crippen LogP contribution < -0.4 is 20.3 Å². The lowest BCUT2D eigenvalue weighted by atomic mass is 10.1. The summed E-state index contributed by atoms with van der Waals surface area (Å²) in [6.45, 7) is 6.57. The maximum Gasteiger partial charge on any atom is 0.266 e. The molecular weight excluding hydrogens is 470 g/mol. The first-order valence-corrected chi connectivity index (χ1v) is 12.2. The molecular formula is C29H29N3O5. The van der Waals surface area contributed by atoms with Gasteiger partial charge in [-0.15, -0.1) is 0 Å². The Morgan fingerprint density at radius 1 is 0.919 bits per heavy atom. The number of hydrogen-bond donors (Lipinski definition) is 2. The fraction of sp³-hybridized carbons (Fsp3) is 0.241. The standard InChI is InChI=1S/C29H29N3O5/c1-4-37-23-11-9-22(10-12-23)32-28(35)24-13-8-20(16-25(24)29(32)36)27(34)30-17-19-6-5-7-21(15-19)31-26(33)14-18(2)3/h5-13,15-16,18H,4,14,17H2,1-3H3,(H,30,34)(H,31,33). The number of imide groups is 1. The van der Waals surface area contributed by atoms with Crippen molar-refractivity contribution in [2.75, 3.05) is 16.8 Å². The lowest BCUT2D eigenvalue weighted by molar-refractivity contribution is -0.116. The van der Waals surface area contributed by atoms with E-state index < -0.39 is 11.8 Å². The molecule has 0 aliphatic carbocycles. The van der Waals surface area contributed by atoms with Crippen molar-refractivity contribution in [3.63, 3.8) is 0 Å². The summed E-state index contributed by atoms with van der Waals surface area (Å²) >= 11 is 0. The van der Waals surface area contributed by atoms with Crippen molar-refractivity contribution in [3.8, 4) is 5.75 Å². The van der Waals surface area contributed by atoms with Crippen LogP contribution >= 0.6 is 0 Å². The third-order valence-corrected chi connectivity index (χ3v) is 5.81. The van der Waals surface area contributed by atoms with Crippen LogP contribution in [0.15, 0.2) is 66.7 Å². The van der Waals surface area contributed by atoms with E-state index in [9.17, 15) is 19.2 Å². The number of fused-ring (bicyclic) bond motifs is 1. The van der Waals surface area contributed by atoms with Crippen molar-refractivity contribution in [1.82, 2.24) is 5.32 Å². The summed E-state index contributed by atoms with van der Waals surface area (Å²) in [5, 5.41) is 5.70. The first-order valence-electron chi connectivity index (χ1n) is 12.2. The molecule has 37 heavy (non-hydrogen) atoms. The smallest absolute Gasteiger partial charge is 0.266 e. The summed E-state index contributed by atoms with van der Waals surface area (Å²) in [6, 6.07) is 18.4. The zero-order valence-electron chi connectivity index (χ0n) is 21.0. The quantitative estimate of drug-likeness (QED) is 0.412. The van der Waals surface area contributed by atoms with Crippen LogP contribution in [0.1, 0.15) is 63.8 Å². The first-order chi connectivity index (χ1) is 17.8. The molecule has 190 valence electrons. The number of benzene rings is 3. The molecule has 0 fully saturated rings. The lowest BCUT2D eigenvalue weighted by Crippen LogP contribution is -2.29. The average molecular weight is 500 g/mol. The zero-order chi connectivity index (χ0) is 26.5. The third-order valence-electron chi connectivity index (χ3n) is 5.81. The first kappa shape index (κ1) is 25.6. The number of nitrogens with one attached hydrogen (secondary N) is 2. The van der Waals surface area contributed by atoms with Gasteiger partial charge in [0.25, 0.3) is 17.7 Å². The van der Waals surface area contributed by atoms with Crippen LogP contribution in [0.25, 0.3) is 0 Å². The number of carbonyl (C=O) groups is 4. The van der Waals surface area contributed by atoms with Crippen LogP contribution in [0, 0.1) is 5.92 Å². The summed E-state index contributed by atoms with van der Waals surface area (Å²) in [6.07, 6.45) is 0.427. The molecule has 8 nitrogen and oxygen atoms in total. The van der Waals surface area contributed by atoms with Crippen molar-refractivity contribution in [3.05, 3.63) is 89.0 Å². The Morgan fingerprint density at radius 2 is 1.65 bits per heavy atom. The summed E-state index contributed by atoms with van der Waals surface area (Å²) in [4.78, 5) is 52.0. The van der Waals surface area contributed by atoms with E-state index in [4.69, 9.17) is 4.74 Å². The molecule has 3 aromatic carbocycles. The van der Waals surface area contributed by atoms with Crippen molar-refractivity contribution < 1.29 is 23.9 Å². The predicted molar refractivity (Wildman–Crippen MR) is 141 cm³/mol. The molecule has 0 unspecified atom stereocenters. The van der Waals surface area contributed by atoms with Gasteiger partial charge < -0.3 is 15.4 Å². The second-order valence-electron chi connectivity index (χ2n) is 9.16. The fourth-order valence-corrected chi connectivity index (χ4v) is 4.10. The monoisotopic (exact) mass is 499 g/mol. The van der Waals surface area contributed by atoms with E-state index in [1.54, 1.807) is 36.4 Å². The molecule has 1 aliphatic rings. The Labute approximate surface area is 215 Å². The van der Waals surface area contributed by atoms with Crippen molar-refractivity contribution >= 4 is 35.0 Å². The molecule has 3 aromatic rings. The minimum absolute atomic E-state index is 0.0622. The minimum atomic E-state index is -0.483. The lowest BCUT2D eigenvalue weighted by Gasteiger charge is -2.14. The molecule has 2 N–H and O–H groups in total. The number of nitrogens with zero attached hydrogens (tertiary/aromatic N) is 1. The van der Waals surface area contributed by atoms with Crippen LogP contribution in [-0.4, -0.2) is 30.2 Å². The molecule has 0 saturated heterocycles. The van der Waals surface area contributed by atoms with E-state index in [0.717, 1.165) is 10.5 Å². The molecule has 0 atom stereocenters. The SMILES string of the molecule is CCOc1ccc(N2C(=O)c3ccc(C(=O)NCc4cccc(NC(=O)CC(C)C)c4)cc3C2=O)cc1. The highest BCUT2D eigenvalue weighted by atomic mass is 16.5. The maximum absolute atomic E-state index is 13.1. The van der Waals surface area contributed by atoms with Crippen molar-refractivity contribution in [2.24, 2.45) is 5.92 Å². The van der Waals surface area contributed by atoms with E-state index in [-0.39, 0.29) is 41.0 Å². The van der Waals surface area contributed by atoms with Crippen molar-refractivity contribution in [2.45, 2.75) is 33.7 Å². The molecule has 0 saturated carbocycles. The van der Waals surface area contributed by atoms with Crippen LogP contribution in [-0.2, 0) is 11.3 Å². The third kappa shape index (κ3) is 5.86. The van der Waals surface area contributed by atoms with E-state index in [0.29, 0.717) is 30.2 Å². The molecule has 1 aliphatic heterocycles. The Hall–Kier alpha value is -4.46. The fourth-order valence-electron chi connectivity index (χ4n) is 4.10. The van der Waals surface area contributed by atoms with Gasteiger partial charge in [0.05, 0.1) is 23.4 Å². The number of carbonyl (C=O) groups excluding carboxylic acids is 4. The van der Waals surface area contributed by atoms with Crippen LogP contribution in [0.4, 0.5) is 11.4 Å². The number of anilines is 2. The van der Waals surface area contributed by atoms with Gasteiger partial charge in [-0.25, -0.2) is 4.90 Å². The summed E-state index contributed by atoms with van der Waals surface area (Å²) in [5.41, 5.74) is 2.61. The Bertz CT molecular complexity index is 1350. The van der Waals surface area contributed by atoms with Gasteiger partial charge in [0.15, 0.2) is 0 Å². The zero-order valence-corrected chi connectivity index (χ0v) is 21.0. The molecule has 8 heteroatoms. The van der Waals surface area contributed by atoms with Gasteiger partial charge in [-0.1, -0.05) is 26.0 Å². The van der Waals surface area contributed by atoms with Gasteiger partial charge in [0.1, 0.15) is 5.75 Å². The topological polar surface area (TPSA) is 105 Å². The number of amides is 4. The molecule has 4 amide bonds. The Morgan fingerprint density at radius 3 is 2.35 bits per heavy atom. The number of hydrogen-bond acceptors (Lipinski definition) is 5. The van der Waals surface area contributed by atoms with Gasteiger partial charge in [-0.3, -0.25) is 19.2 Å². The molecule has 4 rings (SSSR count). The molecule has 0 aromatic heterocycles. The normalized spacial score (nSPS) is 12.5. The van der Waals surface area contributed by atoms with E-state index >= 15 is 0 Å². The molecule has 1 heterocycles. The van der Waals surface area contributed by atoms with Gasteiger partial charge in [0, 0.05) is 24.2 Å². The Kier molecular flexibility index (Phi) is 7.67. The van der Waals surface area contributed by atoms with Crippen LogP contribution in [0.3, 0.4) is 0 Å². The van der Waals surface area contributed by atoms with Crippen LogP contribution in [0.5, 0.6) is 5.75 Å². The summed E-state index contributed by atoms with van der Waals surface area (Å²) < 4.78 is 5.42. The van der Waals surface area contributed by atoms with Gasteiger partial charge in [-0.2, -0.15) is 0 Å². The highest BCUT2D eigenvalue weighted by Gasteiger charge is 2.37. The highest BCUT2D eigenvalue weighted by Crippen LogP contribution is 2.30. The Balaban J connectivity index is 1.43. The maximum atomic E-state index is 13.1. The largest absolute Gasteiger partial charge is 0.494 e. The summed E-state index contributed by atoms with van der Waals surface area (Å²) in [5.74, 6) is -0.462. The minimum Gasteiger partial charge on any atom is -0.494 e. The number of rotatable bonds is 9. The van der Waals surface area contributed by atoms with Crippen LogP contribution in [0.2, 0.25) is 0 Å². The predicted octanol–water partition coefficient (Wildman–Crippen LogP) is 4.80. The van der Waals surface area contributed by atoms with Gasteiger partial charge in [0.2, 0.25) is 5.91 Å². The van der Waals surface area contributed by atoms with E-state index in [1.165, 1.54) is 18.2 Å². The molecule has 0 spiro atoms. The average Bonchev–Trinajstić information content (AvgIpc) is 3.12. The number of ether oxygens (including phenoxy) is 1. The second kappa shape index (κ2) is 11.1. The van der Waals surface area contributed by atoms with Gasteiger partial charge >= 0.3 is 0 Å². The summed E-state index contributed by atoms with van der Waals surface area (Å²) in [7, 11) is 0. The van der Waals surface area contributed by atoms with Gasteiger partial charge in [-0.05, 0) is 73.0 Å². The molecule has 0 bridgehead atoms. The second-order valence-corrected chi connectivity index (χ2v) is 9.16. The van der Waals surface area contributed by atoms with E-state index in [2.05, 4.69) is 10.6 Å². The molecule has 0 radical (unpaired) electrons. The van der Waals surface area contributed by atoms with E-state index in [1.807, 2.05) is 32.9 Å². The van der Waals surface area contributed by atoms with Crippen molar-refractivity contribution in [1.29, 1.82) is 0 Å².